The second kappa shape index (κ2) is 6.76. The highest BCUT2D eigenvalue weighted by Gasteiger charge is 2.30. The van der Waals surface area contributed by atoms with Crippen LogP contribution in [0, 0.1) is 0 Å². The number of anilines is 1. The van der Waals surface area contributed by atoms with Crippen LogP contribution in [0.25, 0.3) is 0 Å². The Labute approximate surface area is 143 Å². The lowest BCUT2D eigenvalue weighted by Crippen LogP contribution is -2.22. The molecule has 1 aliphatic rings. The zero-order valence-corrected chi connectivity index (χ0v) is 14.5. The Bertz CT molecular complexity index is 719. The average Bonchev–Trinajstić information content (AvgIpc) is 3.20. The number of hydrogen-bond donors (Lipinski definition) is 0. The van der Waals surface area contributed by atoms with Crippen LogP contribution in [-0.4, -0.2) is 31.7 Å². The predicted octanol–water partition coefficient (Wildman–Crippen LogP) is 3.93. The zero-order valence-electron chi connectivity index (χ0n) is 12.9. The molecule has 7 heteroatoms. The first-order valence-corrected chi connectivity index (χ1v) is 8.48. The van der Waals surface area contributed by atoms with Crippen LogP contribution in [0.3, 0.4) is 0 Å². The van der Waals surface area contributed by atoms with E-state index in [0.29, 0.717) is 4.88 Å². The van der Waals surface area contributed by atoms with Crippen molar-refractivity contribution in [2.24, 2.45) is 0 Å². The van der Waals surface area contributed by atoms with Gasteiger partial charge in [0.15, 0.2) is 15.2 Å². The van der Waals surface area contributed by atoms with Gasteiger partial charge in [0.05, 0.1) is 20.3 Å². The van der Waals surface area contributed by atoms with E-state index in [4.69, 9.17) is 21.1 Å². The summed E-state index contributed by atoms with van der Waals surface area (Å²) in [5.41, 5.74) is 1.17. The molecule has 122 valence electrons. The van der Waals surface area contributed by atoms with Crippen molar-refractivity contribution >= 4 is 34.0 Å². The Morgan fingerprint density at radius 2 is 2.26 bits per heavy atom. The van der Waals surface area contributed by atoms with Gasteiger partial charge in [0, 0.05) is 6.54 Å². The maximum absolute atomic E-state index is 11.7. The molecule has 0 bridgehead atoms. The highest BCUT2D eigenvalue weighted by Crippen LogP contribution is 2.40. The molecule has 1 saturated heterocycles. The van der Waals surface area contributed by atoms with E-state index in [1.807, 2.05) is 18.2 Å². The quantitative estimate of drug-likeness (QED) is 0.780. The third-order valence-corrected chi connectivity index (χ3v) is 5.38. The molecule has 0 N–H and O–H groups in total. The van der Waals surface area contributed by atoms with Crippen molar-refractivity contribution in [3.8, 4) is 5.75 Å². The normalized spacial score (nSPS) is 17.3. The highest BCUT2D eigenvalue weighted by molar-refractivity contribution is 7.18. The molecule has 1 aliphatic heterocycles. The first-order valence-electron chi connectivity index (χ1n) is 7.29. The van der Waals surface area contributed by atoms with Crippen LogP contribution in [0.4, 0.5) is 5.13 Å². The molecule has 1 aromatic heterocycles. The van der Waals surface area contributed by atoms with Crippen LogP contribution in [-0.2, 0) is 4.74 Å². The average molecular weight is 353 g/mol. The summed E-state index contributed by atoms with van der Waals surface area (Å²) in [6.07, 6.45) is 2.09. The van der Waals surface area contributed by atoms with Crippen molar-refractivity contribution < 1.29 is 14.3 Å². The van der Waals surface area contributed by atoms with Gasteiger partial charge in [0.25, 0.3) is 0 Å². The molecule has 1 atom stereocenters. The summed E-state index contributed by atoms with van der Waals surface area (Å²) in [5, 5.41) is 0.953. The van der Waals surface area contributed by atoms with E-state index < -0.39 is 5.97 Å². The van der Waals surface area contributed by atoms with Gasteiger partial charge in [-0.25, -0.2) is 9.78 Å². The van der Waals surface area contributed by atoms with Crippen LogP contribution in [0.1, 0.15) is 34.1 Å². The summed E-state index contributed by atoms with van der Waals surface area (Å²) >= 11 is 7.37. The fourth-order valence-corrected chi connectivity index (χ4v) is 4.10. The van der Waals surface area contributed by atoms with Gasteiger partial charge in [-0.05, 0) is 30.5 Å². The fourth-order valence-electron chi connectivity index (χ4n) is 2.82. The lowest BCUT2D eigenvalue weighted by atomic mass is 10.0. The number of nitrogens with zero attached hydrogens (tertiary/aromatic N) is 2. The Kier molecular flexibility index (Phi) is 4.73. The van der Waals surface area contributed by atoms with Crippen molar-refractivity contribution in [1.29, 1.82) is 0 Å². The third kappa shape index (κ3) is 3.14. The smallest absolute Gasteiger partial charge is 0.351 e. The van der Waals surface area contributed by atoms with E-state index in [1.165, 1.54) is 24.0 Å². The van der Waals surface area contributed by atoms with Crippen molar-refractivity contribution in [1.82, 2.24) is 4.98 Å². The van der Waals surface area contributed by atoms with Crippen molar-refractivity contribution in [3.05, 3.63) is 39.9 Å². The number of benzene rings is 1. The molecule has 1 fully saturated rings. The number of esters is 1. The summed E-state index contributed by atoms with van der Waals surface area (Å²) < 4.78 is 10.1. The number of carbonyl (C=O) groups is 1. The van der Waals surface area contributed by atoms with Gasteiger partial charge >= 0.3 is 5.97 Å². The molecule has 0 spiro atoms. The lowest BCUT2D eigenvalue weighted by Gasteiger charge is -2.24. The molecule has 5 nitrogen and oxygen atoms in total. The largest absolute Gasteiger partial charge is 0.497 e. The number of carbonyl (C=O) groups excluding carboxylic acids is 1. The van der Waals surface area contributed by atoms with Gasteiger partial charge in [-0.1, -0.05) is 35.1 Å². The minimum atomic E-state index is -0.448. The van der Waals surface area contributed by atoms with Gasteiger partial charge < -0.3 is 14.4 Å². The second-order valence-corrected chi connectivity index (χ2v) is 6.57. The van der Waals surface area contributed by atoms with E-state index in [-0.39, 0.29) is 11.2 Å². The molecule has 2 heterocycles. The molecule has 0 radical (unpaired) electrons. The summed E-state index contributed by atoms with van der Waals surface area (Å²) in [5.74, 6) is 0.387. The summed E-state index contributed by atoms with van der Waals surface area (Å²) in [4.78, 5) is 18.6. The first-order chi connectivity index (χ1) is 11.1. The van der Waals surface area contributed by atoms with Crippen LogP contribution >= 0.6 is 22.9 Å². The number of hydrogen-bond acceptors (Lipinski definition) is 6. The number of halogens is 1. The first kappa shape index (κ1) is 16.1. The molecule has 0 aliphatic carbocycles. The number of thiazole rings is 1. The van der Waals surface area contributed by atoms with E-state index in [1.54, 1.807) is 7.11 Å². The number of aromatic nitrogens is 1. The zero-order chi connectivity index (χ0) is 16.4. The van der Waals surface area contributed by atoms with E-state index in [2.05, 4.69) is 16.0 Å². The van der Waals surface area contributed by atoms with Crippen LogP contribution < -0.4 is 9.64 Å². The van der Waals surface area contributed by atoms with Crippen LogP contribution in [0.2, 0.25) is 5.15 Å². The van der Waals surface area contributed by atoms with Crippen LogP contribution in [0.5, 0.6) is 5.75 Å². The molecule has 23 heavy (non-hydrogen) atoms. The predicted molar refractivity (Wildman–Crippen MR) is 90.8 cm³/mol. The van der Waals surface area contributed by atoms with Crippen molar-refractivity contribution in [2.45, 2.75) is 18.9 Å². The Morgan fingerprint density at radius 3 is 3.00 bits per heavy atom. The van der Waals surface area contributed by atoms with Crippen LogP contribution in [0.15, 0.2) is 24.3 Å². The molecule has 3 rings (SSSR count). The minimum absolute atomic E-state index is 0.202. The topological polar surface area (TPSA) is 51.7 Å². The maximum Gasteiger partial charge on any atom is 0.351 e. The standard InChI is InChI=1S/C16H17ClN2O3S/c1-21-11-6-3-5-10(9-11)12-7-4-8-19(12)16-18-14(17)13(23-16)15(20)22-2/h3,5-6,9,12H,4,7-8H2,1-2H3. The van der Waals surface area contributed by atoms with Crippen molar-refractivity contribution in [2.75, 3.05) is 25.7 Å². The molecule has 1 unspecified atom stereocenters. The lowest BCUT2D eigenvalue weighted by molar-refractivity contribution is 0.0606. The molecule has 1 aromatic carbocycles. The summed E-state index contributed by atoms with van der Waals surface area (Å²) in [6, 6.07) is 8.25. The Hall–Kier alpha value is -1.79. The monoisotopic (exact) mass is 352 g/mol. The molecular formula is C16H17ClN2O3S. The molecule has 0 amide bonds. The Morgan fingerprint density at radius 1 is 1.43 bits per heavy atom. The van der Waals surface area contributed by atoms with Crippen molar-refractivity contribution in [3.63, 3.8) is 0 Å². The van der Waals surface area contributed by atoms with E-state index in [9.17, 15) is 4.79 Å². The van der Waals surface area contributed by atoms with Gasteiger partial charge in [-0.15, -0.1) is 0 Å². The van der Waals surface area contributed by atoms with E-state index >= 15 is 0 Å². The number of ether oxygens (including phenoxy) is 2. The Balaban J connectivity index is 1.91. The number of rotatable bonds is 4. The summed E-state index contributed by atoms with van der Waals surface area (Å²) in [7, 11) is 3.00. The summed E-state index contributed by atoms with van der Waals surface area (Å²) in [6.45, 7) is 0.881. The molecular weight excluding hydrogens is 336 g/mol. The van der Waals surface area contributed by atoms with Gasteiger partial charge in [-0.3, -0.25) is 0 Å². The van der Waals surface area contributed by atoms with Gasteiger partial charge in [0.2, 0.25) is 0 Å². The maximum atomic E-state index is 11.7. The fraction of sp³-hybridized carbons (Fsp3) is 0.375. The third-order valence-electron chi connectivity index (χ3n) is 3.92. The number of methoxy groups -OCH3 is 2. The second-order valence-electron chi connectivity index (χ2n) is 5.24. The highest BCUT2D eigenvalue weighted by atomic mass is 35.5. The minimum Gasteiger partial charge on any atom is -0.497 e. The van der Waals surface area contributed by atoms with E-state index in [0.717, 1.165) is 30.3 Å². The molecule has 0 saturated carbocycles. The van der Waals surface area contributed by atoms with Gasteiger partial charge in [-0.2, -0.15) is 0 Å². The van der Waals surface area contributed by atoms with Gasteiger partial charge in [0.1, 0.15) is 5.75 Å². The SMILES string of the molecule is COC(=O)c1sc(N2CCCC2c2cccc(OC)c2)nc1Cl. The molecule has 2 aromatic rings.